The Balaban J connectivity index is 1.88. The fraction of sp³-hybridized carbons (Fsp3) is 0.444. The van der Waals surface area contributed by atoms with E-state index in [1.165, 1.54) is 16.0 Å². The van der Waals surface area contributed by atoms with Gasteiger partial charge in [-0.05, 0) is 39.7 Å². The van der Waals surface area contributed by atoms with Crippen LogP contribution in [-0.2, 0) is 13.0 Å². The Morgan fingerprint density at radius 2 is 2.04 bits per heavy atom. The highest BCUT2D eigenvalue weighted by molar-refractivity contribution is 7.11. The van der Waals surface area contributed by atoms with Crippen molar-refractivity contribution in [2.45, 2.75) is 40.7 Å². The van der Waals surface area contributed by atoms with Crippen molar-refractivity contribution in [3.05, 3.63) is 51.0 Å². The van der Waals surface area contributed by atoms with Crippen molar-refractivity contribution in [2.75, 3.05) is 13.1 Å². The first-order chi connectivity index (χ1) is 11.1. The van der Waals surface area contributed by atoms with Crippen LogP contribution in [0, 0.1) is 20.8 Å². The van der Waals surface area contributed by atoms with Crippen LogP contribution in [0.5, 0.6) is 0 Å². The molecule has 0 atom stereocenters. The SMILES string of the molecule is CCNC(=NCc1nc(C)c(C)s1)NCCc1cccc(C)c1. The van der Waals surface area contributed by atoms with Gasteiger partial charge in [0.15, 0.2) is 5.96 Å². The van der Waals surface area contributed by atoms with Crippen molar-refractivity contribution < 1.29 is 0 Å². The van der Waals surface area contributed by atoms with E-state index < -0.39 is 0 Å². The molecule has 0 saturated heterocycles. The van der Waals surface area contributed by atoms with Gasteiger partial charge in [-0.3, -0.25) is 0 Å². The topological polar surface area (TPSA) is 49.3 Å². The number of rotatable bonds is 6. The molecule has 1 aromatic carbocycles. The highest BCUT2D eigenvalue weighted by Gasteiger charge is 2.04. The Morgan fingerprint density at radius 3 is 2.70 bits per heavy atom. The summed E-state index contributed by atoms with van der Waals surface area (Å²) in [5.74, 6) is 0.852. The summed E-state index contributed by atoms with van der Waals surface area (Å²) in [7, 11) is 0. The molecule has 0 unspecified atom stereocenters. The second-order valence-electron chi connectivity index (χ2n) is 5.61. The van der Waals surface area contributed by atoms with Crippen molar-refractivity contribution in [1.82, 2.24) is 15.6 Å². The molecule has 2 rings (SSSR count). The molecule has 0 radical (unpaired) electrons. The highest BCUT2D eigenvalue weighted by atomic mass is 32.1. The Kier molecular flexibility index (Phi) is 6.59. The zero-order valence-corrected chi connectivity index (χ0v) is 15.3. The Hall–Kier alpha value is -1.88. The van der Waals surface area contributed by atoms with Crippen LogP contribution in [0.15, 0.2) is 29.3 Å². The standard InChI is InChI=1S/C18H26N4S/c1-5-19-18(21-12-17-22-14(3)15(4)23-17)20-10-9-16-8-6-7-13(2)11-16/h6-8,11H,5,9-10,12H2,1-4H3,(H2,19,20,21). The highest BCUT2D eigenvalue weighted by Crippen LogP contribution is 2.16. The third kappa shape index (κ3) is 5.67. The number of nitrogens with zero attached hydrogens (tertiary/aromatic N) is 2. The van der Waals surface area contributed by atoms with E-state index in [0.29, 0.717) is 6.54 Å². The van der Waals surface area contributed by atoms with E-state index in [1.54, 1.807) is 11.3 Å². The summed E-state index contributed by atoms with van der Waals surface area (Å²) in [6, 6.07) is 8.63. The summed E-state index contributed by atoms with van der Waals surface area (Å²) in [5.41, 5.74) is 3.76. The van der Waals surface area contributed by atoms with Gasteiger partial charge in [-0.1, -0.05) is 29.8 Å². The average Bonchev–Trinajstić information content (AvgIpc) is 2.83. The van der Waals surface area contributed by atoms with E-state index in [4.69, 9.17) is 0 Å². The van der Waals surface area contributed by atoms with Crippen LogP contribution in [0.25, 0.3) is 0 Å². The van der Waals surface area contributed by atoms with Crippen molar-refractivity contribution in [3.8, 4) is 0 Å². The van der Waals surface area contributed by atoms with E-state index in [2.05, 4.69) is 65.6 Å². The van der Waals surface area contributed by atoms with Gasteiger partial charge in [0.2, 0.25) is 0 Å². The maximum Gasteiger partial charge on any atom is 0.191 e. The molecule has 1 heterocycles. The number of nitrogens with one attached hydrogen (secondary N) is 2. The molecule has 2 N–H and O–H groups in total. The molecule has 124 valence electrons. The third-order valence-electron chi connectivity index (χ3n) is 3.58. The van der Waals surface area contributed by atoms with Gasteiger partial charge < -0.3 is 10.6 Å². The molecule has 0 aliphatic heterocycles. The fourth-order valence-electron chi connectivity index (χ4n) is 2.29. The Labute approximate surface area is 143 Å². The number of aliphatic imine (C=N–C) groups is 1. The predicted octanol–water partition coefficient (Wildman–Crippen LogP) is 3.37. The summed E-state index contributed by atoms with van der Waals surface area (Å²) in [5, 5.41) is 7.75. The van der Waals surface area contributed by atoms with E-state index >= 15 is 0 Å². The van der Waals surface area contributed by atoms with Gasteiger partial charge in [0.1, 0.15) is 5.01 Å². The van der Waals surface area contributed by atoms with Gasteiger partial charge in [0.25, 0.3) is 0 Å². The number of guanidine groups is 1. The first-order valence-corrected chi connectivity index (χ1v) is 8.90. The van der Waals surface area contributed by atoms with Crippen molar-refractivity contribution >= 4 is 17.3 Å². The number of aryl methyl sites for hydroxylation is 3. The smallest absolute Gasteiger partial charge is 0.191 e. The maximum atomic E-state index is 4.63. The molecule has 0 spiro atoms. The quantitative estimate of drug-likeness (QED) is 0.631. The van der Waals surface area contributed by atoms with Crippen molar-refractivity contribution in [2.24, 2.45) is 4.99 Å². The minimum absolute atomic E-state index is 0.624. The van der Waals surface area contributed by atoms with Gasteiger partial charge in [-0.25, -0.2) is 9.98 Å². The summed E-state index contributed by atoms with van der Waals surface area (Å²) in [6.07, 6.45) is 0.988. The first kappa shape index (κ1) is 17.5. The van der Waals surface area contributed by atoms with Gasteiger partial charge in [0.05, 0.1) is 12.2 Å². The normalized spacial score (nSPS) is 11.6. The van der Waals surface area contributed by atoms with Gasteiger partial charge >= 0.3 is 0 Å². The number of thiazole rings is 1. The molecule has 0 aliphatic rings. The molecule has 5 heteroatoms. The molecule has 0 aliphatic carbocycles. The predicted molar refractivity (Wildman–Crippen MR) is 99.3 cm³/mol. The van der Waals surface area contributed by atoms with Crippen molar-refractivity contribution in [1.29, 1.82) is 0 Å². The van der Waals surface area contributed by atoms with Crippen LogP contribution >= 0.6 is 11.3 Å². The Bertz CT molecular complexity index is 641. The lowest BCUT2D eigenvalue weighted by Gasteiger charge is -2.11. The zero-order valence-electron chi connectivity index (χ0n) is 14.4. The molecular weight excluding hydrogens is 304 g/mol. The lowest BCUT2D eigenvalue weighted by atomic mass is 10.1. The van der Waals surface area contributed by atoms with Crippen LogP contribution in [0.1, 0.15) is 33.6 Å². The molecule has 0 saturated carbocycles. The van der Waals surface area contributed by atoms with E-state index in [-0.39, 0.29) is 0 Å². The fourth-order valence-corrected chi connectivity index (χ4v) is 3.15. The summed E-state index contributed by atoms with van der Waals surface area (Å²) >= 11 is 1.72. The Morgan fingerprint density at radius 1 is 1.22 bits per heavy atom. The monoisotopic (exact) mass is 330 g/mol. The summed E-state index contributed by atoms with van der Waals surface area (Å²) in [4.78, 5) is 10.4. The molecule has 4 nitrogen and oxygen atoms in total. The molecule has 23 heavy (non-hydrogen) atoms. The number of aromatic nitrogens is 1. The van der Waals surface area contributed by atoms with Crippen LogP contribution in [0.2, 0.25) is 0 Å². The number of hydrogen-bond acceptors (Lipinski definition) is 3. The number of hydrogen-bond donors (Lipinski definition) is 2. The van der Waals surface area contributed by atoms with Crippen molar-refractivity contribution in [3.63, 3.8) is 0 Å². The van der Waals surface area contributed by atoms with Crippen LogP contribution < -0.4 is 10.6 Å². The lowest BCUT2D eigenvalue weighted by Crippen LogP contribution is -2.38. The minimum Gasteiger partial charge on any atom is -0.357 e. The molecule has 0 bridgehead atoms. The second-order valence-corrected chi connectivity index (χ2v) is 6.90. The first-order valence-electron chi connectivity index (χ1n) is 8.09. The molecular formula is C18H26N4S. The van der Waals surface area contributed by atoms with E-state index in [9.17, 15) is 0 Å². The van der Waals surface area contributed by atoms with E-state index in [1.807, 2.05) is 6.92 Å². The third-order valence-corrected chi connectivity index (χ3v) is 4.64. The van der Waals surface area contributed by atoms with Crippen LogP contribution in [-0.4, -0.2) is 24.0 Å². The number of benzene rings is 1. The second kappa shape index (κ2) is 8.67. The van der Waals surface area contributed by atoms with Gasteiger partial charge in [0, 0.05) is 18.0 Å². The van der Waals surface area contributed by atoms with Crippen LogP contribution in [0.4, 0.5) is 0 Å². The molecule has 0 fully saturated rings. The minimum atomic E-state index is 0.624. The van der Waals surface area contributed by atoms with Crippen LogP contribution in [0.3, 0.4) is 0 Å². The average molecular weight is 331 g/mol. The largest absolute Gasteiger partial charge is 0.357 e. The van der Waals surface area contributed by atoms with E-state index in [0.717, 1.165) is 36.2 Å². The zero-order chi connectivity index (χ0) is 16.7. The molecule has 2 aromatic rings. The molecule has 0 amide bonds. The van der Waals surface area contributed by atoms with Gasteiger partial charge in [-0.15, -0.1) is 11.3 Å². The van der Waals surface area contributed by atoms with Gasteiger partial charge in [-0.2, -0.15) is 0 Å². The summed E-state index contributed by atoms with van der Waals surface area (Å²) in [6.45, 7) is 10.7. The lowest BCUT2D eigenvalue weighted by molar-refractivity contribution is 0.798. The summed E-state index contributed by atoms with van der Waals surface area (Å²) < 4.78 is 0. The maximum absolute atomic E-state index is 4.63. The molecule has 1 aromatic heterocycles.